The zero-order chi connectivity index (χ0) is 13.2. The molecule has 1 aromatic rings. The second-order valence-corrected chi connectivity index (χ2v) is 3.66. The Labute approximate surface area is 96.2 Å². The summed E-state index contributed by atoms with van der Waals surface area (Å²) in [5.41, 5.74) is -1.14. The summed E-state index contributed by atoms with van der Waals surface area (Å²) in [5.74, 6) is -1.59. The molecule has 0 atom stereocenters. The number of nitrogens with zero attached hydrogens (tertiary/aromatic N) is 1. The molecule has 1 heterocycles. The van der Waals surface area contributed by atoms with Crippen LogP contribution in [0.25, 0.3) is 0 Å². The van der Waals surface area contributed by atoms with Gasteiger partial charge in [0.2, 0.25) is 0 Å². The highest BCUT2D eigenvalue weighted by atomic mass is 19.4. The second kappa shape index (κ2) is 4.65. The first-order valence-corrected chi connectivity index (χ1v) is 4.92. The van der Waals surface area contributed by atoms with Gasteiger partial charge in [0.05, 0.1) is 11.1 Å². The zero-order valence-electron chi connectivity index (χ0n) is 9.21. The molecule has 0 radical (unpaired) electrons. The fourth-order valence-electron chi connectivity index (χ4n) is 1.37. The standard InChI is InChI=1S/C11H12F3NO2/c1-3-7(2)4-15-5-8(10(16)17)9(6-15)11(12,13)14/h5-6H,2-4H2,1H3,(H,16,17). The third kappa shape index (κ3) is 3.12. The number of aromatic nitrogens is 1. The highest BCUT2D eigenvalue weighted by Gasteiger charge is 2.36. The van der Waals surface area contributed by atoms with Crippen LogP contribution in [-0.4, -0.2) is 15.6 Å². The highest BCUT2D eigenvalue weighted by Crippen LogP contribution is 2.32. The van der Waals surface area contributed by atoms with Crippen LogP contribution in [0.2, 0.25) is 0 Å². The van der Waals surface area contributed by atoms with Crippen molar-refractivity contribution in [2.75, 3.05) is 0 Å². The van der Waals surface area contributed by atoms with E-state index in [1.54, 1.807) is 0 Å². The Morgan fingerprint density at radius 1 is 1.47 bits per heavy atom. The summed E-state index contributed by atoms with van der Waals surface area (Å²) in [6, 6.07) is 0. The van der Waals surface area contributed by atoms with Gasteiger partial charge in [0, 0.05) is 18.9 Å². The minimum absolute atomic E-state index is 0.187. The largest absolute Gasteiger partial charge is 0.478 e. The maximum Gasteiger partial charge on any atom is 0.418 e. The van der Waals surface area contributed by atoms with Gasteiger partial charge in [-0.05, 0) is 6.42 Å². The maximum atomic E-state index is 12.5. The first-order chi connectivity index (χ1) is 7.75. The van der Waals surface area contributed by atoms with E-state index in [2.05, 4.69) is 6.58 Å². The van der Waals surface area contributed by atoms with Crippen LogP contribution in [-0.2, 0) is 12.7 Å². The van der Waals surface area contributed by atoms with Crippen LogP contribution < -0.4 is 0 Å². The number of hydrogen-bond acceptors (Lipinski definition) is 1. The van der Waals surface area contributed by atoms with Crippen LogP contribution in [0.3, 0.4) is 0 Å². The molecule has 0 aliphatic rings. The third-order valence-corrected chi connectivity index (χ3v) is 2.32. The minimum atomic E-state index is -4.66. The van der Waals surface area contributed by atoms with E-state index >= 15 is 0 Å². The van der Waals surface area contributed by atoms with E-state index in [1.165, 1.54) is 4.57 Å². The van der Waals surface area contributed by atoms with E-state index in [-0.39, 0.29) is 6.54 Å². The van der Waals surface area contributed by atoms with Crippen molar-refractivity contribution in [3.05, 3.63) is 35.7 Å². The van der Waals surface area contributed by atoms with Crippen molar-refractivity contribution in [3.8, 4) is 0 Å². The van der Waals surface area contributed by atoms with Crippen LogP contribution in [0.4, 0.5) is 13.2 Å². The van der Waals surface area contributed by atoms with Crippen molar-refractivity contribution >= 4 is 5.97 Å². The van der Waals surface area contributed by atoms with Gasteiger partial charge >= 0.3 is 12.1 Å². The normalized spacial score (nSPS) is 11.5. The van der Waals surface area contributed by atoms with E-state index in [1.807, 2.05) is 6.92 Å². The van der Waals surface area contributed by atoms with Gasteiger partial charge in [-0.2, -0.15) is 13.2 Å². The lowest BCUT2D eigenvalue weighted by Gasteiger charge is -2.05. The summed E-state index contributed by atoms with van der Waals surface area (Å²) in [4.78, 5) is 10.7. The number of rotatable bonds is 4. The van der Waals surface area contributed by atoms with E-state index < -0.39 is 23.3 Å². The molecule has 3 nitrogen and oxygen atoms in total. The smallest absolute Gasteiger partial charge is 0.418 e. The lowest BCUT2D eigenvalue weighted by atomic mass is 10.2. The van der Waals surface area contributed by atoms with Crippen LogP contribution >= 0.6 is 0 Å². The summed E-state index contributed by atoms with van der Waals surface area (Å²) in [7, 11) is 0. The van der Waals surface area contributed by atoms with Crippen molar-refractivity contribution in [1.29, 1.82) is 0 Å². The van der Waals surface area contributed by atoms with Crippen molar-refractivity contribution in [2.24, 2.45) is 0 Å². The molecule has 1 N–H and O–H groups in total. The van der Waals surface area contributed by atoms with Gasteiger partial charge in [0.25, 0.3) is 0 Å². The van der Waals surface area contributed by atoms with Crippen molar-refractivity contribution in [1.82, 2.24) is 4.57 Å². The van der Waals surface area contributed by atoms with E-state index in [4.69, 9.17) is 5.11 Å². The predicted octanol–water partition coefficient (Wildman–Crippen LogP) is 3.17. The number of alkyl halides is 3. The Morgan fingerprint density at radius 3 is 2.41 bits per heavy atom. The fourth-order valence-corrected chi connectivity index (χ4v) is 1.37. The van der Waals surface area contributed by atoms with Gasteiger partial charge < -0.3 is 9.67 Å². The number of halogens is 3. The topological polar surface area (TPSA) is 42.2 Å². The molecular weight excluding hydrogens is 235 g/mol. The van der Waals surface area contributed by atoms with Crippen LogP contribution in [0.1, 0.15) is 29.3 Å². The van der Waals surface area contributed by atoms with Crippen molar-refractivity contribution in [3.63, 3.8) is 0 Å². The number of carbonyl (C=O) groups is 1. The average molecular weight is 247 g/mol. The quantitative estimate of drug-likeness (QED) is 0.830. The number of hydrogen-bond donors (Lipinski definition) is 1. The molecule has 1 rings (SSSR count). The predicted molar refractivity (Wildman–Crippen MR) is 55.8 cm³/mol. The van der Waals surface area contributed by atoms with Gasteiger partial charge in [0.1, 0.15) is 0 Å². The Morgan fingerprint density at radius 2 is 2.06 bits per heavy atom. The molecule has 0 spiro atoms. The molecule has 0 saturated heterocycles. The van der Waals surface area contributed by atoms with Crippen molar-refractivity contribution < 1.29 is 23.1 Å². The summed E-state index contributed by atoms with van der Waals surface area (Å²) < 4.78 is 38.8. The van der Waals surface area contributed by atoms with Gasteiger partial charge in [-0.15, -0.1) is 0 Å². The molecule has 0 saturated carbocycles. The molecule has 0 amide bonds. The maximum absolute atomic E-state index is 12.5. The second-order valence-electron chi connectivity index (χ2n) is 3.66. The third-order valence-electron chi connectivity index (χ3n) is 2.32. The van der Waals surface area contributed by atoms with Gasteiger partial charge in [-0.1, -0.05) is 19.1 Å². The SMILES string of the molecule is C=C(CC)Cn1cc(C(=O)O)c(C(F)(F)F)c1. The molecule has 0 unspecified atom stereocenters. The lowest BCUT2D eigenvalue weighted by Crippen LogP contribution is -2.09. The molecular formula is C11H12F3NO2. The first kappa shape index (κ1) is 13.3. The molecule has 17 heavy (non-hydrogen) atoms. The Hall–Kier alpha value is -1.72. The lowest BCUT2D eigenvalue weighted by molar-refractivity contribution is -0.138. The summed E-state index contributed by atoms with van der Waals surface area (Å²) in [6.45, 7) is 5.68. The van der Waals surface area contributed by atoms with Gasteiger partial charge in [-0.3, -0.25) is 0 Å². The first-order valence-electron chi connectivity index (χ1n) is 4.92. The Balaban J connectivity index is 3.13. The minimum Gasteiger partial charge on any atom is -0.478 e. The van der Waals surface area contributed by atoms with Crippen molar-refractivity contribution in [2.45, 2.75) is 26.1 Å². The van der Waals surface area contributed by atoms with E-state index in [9.17, 15) is 18.0 Å². The Kier molecular flexibility index (Phi) is 3.65. The molecule has 0 fully saturated rings. The number of allylic oxidation sites excluding steroid dienone is 1. The molecule has 0 aliphatic heterocycles. The Bertz CT molecular complexity index is 446. The van der Waals surface area contributed by atoms with E-state index in [0.717, 1.165) is 18.0 Å². The average Bonchev–Trinajstić information content (AvgIpc) is 2.61. The monoisotopic (exact) mass is 247 g/mol. The van der Waals surface area contributed by atoms with E-state index in [0.29, 0.717) is 6.42 Å². The molecule has 94 valence electrons. The van der Waals surface area contributed by atoms with Crippen LogP contribution in [0, 0.1) is 0 Å². The fraction of sp³-hybridized carbons (Fsp3) is 0.364. The van der Waals surface area contributed by atoms with Crippen LogP contribution in [0.15, 0.2) is 24.5 Å². The number of carboxylic acids is 1. The number of aromatic carboxylic acids is 1. The van der Waals surface area contributed by atoms with Gasteiger partial charge in [0.15, 0.2) is 0 Å². The van der Waals surface area contributed by atoms with Gasteiger partial charge in [-0.25, -0.2) is 4.79 Å². The summed E-state index contributed by atoms with van der Waals surface area (Å²) >= 11 is 0. The molecule has 0 aromatic carbocycles. The molecule has 0 aliphatic carbocycles. The highest BCUT2D eigenvalue weighted by molar-refractivity contribution is 5.89. The molecule has 6 heteroatoms. The zero-order valence-corrected chi connectivity index (χ0v) is 9.21. The molecule has 0 bridgehead atoms. The van der Waals surface area contributed by atoms with Crippen LogP contribution in [0.5, 0.6) is 0 Å². The summed E-state index contributed by atoms with van der Waals surface area (Å²) in [5, 5.41) is 8.70. The molecule has 1 aromatic heterocycles. The summed E-state index contributed by atoms with van der Waals surface area (Å²) in [6.07, 6.45) is -2.26. The number of carboxylic acid groups (broad SMARTS) is 1.